The molecule has 4 nitrogen and oxygen atoms in total. The van der Waals surface area contributed by atoms with E-state index in [0.29, 0.717) is 6.42 Å². The Kier molecular flexibility index (Phi) is 12.5. The van der Waals surface area contributed by atoms with Crippen LogP contribution in [0, 0.1) is 0 Å². The summed E-state index contributed by atoms with van der Waals surface area (Å²) in [6.07, 6.45) is 29.9. The van der Waals surface area contributed by atoms with Crippen molar-refractivity contribution in [3.63, 3.8) is 0 Å². The van der Waals surface area contributed by atoms with Gasteiger partial charge in [0.25, 0.3) is 0 Å². The molecule has 2 N–H and O–H groups in total. The van der Waals surface area contributed by atoms with E-state index >= 15 is 0 Å². The Morgan fingerprint density at radius 3 is 2.23 bits per heavy atom. The number of aromatic amines is 1. The molecule has 0 fully saturated rings. The fraction of sp³-hybridized carbons (Fsp3) is 0.407. The molecule has 1 aromatic heterocycles. The van der Waals surface area contributed by atoms with Gasteiger partial charge in [-0.05, 0) is 63.1 Å². The van der Waals surface area contributed by atoms with Crippen molar-refractivity contribution in [2.75, 3.05) is 5.32 Å². The highest BCUT2D eigenvalue weighted by molar-refractivity contribution is 5.93. The maximum atomic E-state index is 12.1. The molecule has 0 spiro atoms. The third-order valence-corrected chi connectivity index (χ3v) is 4.96. The molecule has 0 radical (unpaired) electrons. The van der Waals surface area contributed by atoms with Crippen molar-refractivity contribution in [1.82, 2.24) is 10.2 Å². The van der Waals surface area contributed by atoms with Crippen LogP contribution in [-0.4, -0.2) is 16.1 Å². The van der Waals surface area contributed by atoms with E-state index in [4.69, 9.17) is 0 Å². The number of benzene rings is 1. The van der Waals surface area contributed by atoms with E-state index in [0.717, 1.165) is 48.7 Å². The van der Waals surface area contributed by atoms with Gasteiger partial charge in [0, 0.05) is 17.5 Å². The Morgan fingerprint density at radius 1 is 0.903 bits per heavy atom. The summed E-state index contributed by atoms with van der Waals surface area (Å²) in [6.45, 7) is 2.24. The van der Waals surface area contributed by atoms with Gasteiger partial charge >= 0.3 is 0 Å². The quantitative estimate of drug-likeness (QED) is 0.230. The van der Waals surface area contributed by atoms with E-state index in [1.807, 2.05) is 18.2 Å². The molecule has 0 saturated heterocycles. The van der Waals surface area contributed by atoms with Gasteiger partial charge in [-0.1, -0.05) is 68.4 Å². The van der Waals surface area contributed by atoms with Gasteiger partial charge in [-0.2, -0.15) is 5.10 Å². The summed E-state index contributed by atoms with van der Waals surface area (Å²) < 4.78 is 0. The number of allylic oxidation sites excluding steroid dienone is 8. The highest BCUT2D eigenvalue weighted by atomic mass is 16.1. The number of nitrogens with one attached hydrogen (secondary N) is 2. The van der Waals surface area contributed by atoms with E-state index in [-0.39, 0.29) is 5.91 Å². The van der Waals surface area contributed by atoms with Crippen LogP contribution in [0.25, 0.3) is 10.9 Å². The molecular weight excluding hydrogens is 382 g/mol. The maximum Gasteiger partial charge on any atom is 0.224 e. The van der Waals surface area contributed by atoms with Gasteiger partial charge in [-0.15, -0.1) is 0 Å². The van der Waals surface area contributed by atoms with Crippen LogP contribution in [0.2, 0.25) is 0 Å². The number of fused-ring (bicyclic) bond motifs is 1. The lowest BCUT2D eigenvalue weighted by atomic mass is 10.2. The predicted octanol–water partition coefficient (Wildman–Crippen LogP) is 7.65. The van der Waals surface area contributed by atoms with Crippen molar-refractivity contribution in [3.05, 3.63) is 73.0 Å². The second-order valence-electron chi connectivity index (χ2n) is 7.70. The Morgan fingerprint density at radius 2 is 1.55 bits per heavy atom. The van der Waals surface area contributed by atoms with Crippen LogP contribution in [0.15, 0.2) is 73.0 Å². The molecule has 1 heterocycles. The lowest BCUT2D eigenvalue weighted by Crippen LogP contribution is -2.10. The number of amides is 1. The van der Waals surface area contributed by atoms with Crippen LogP contribution >= 0.6 is 0 Å². The summed E-state index contributed by atoms with van der Waals surface area (Å²) in [6, 6.07) is 5.76. The molecule has 31 heavy (non-hydrogen) atoms. The van der Waals surface area contributed by atoms with Crippen molar-refractivity contribution in [1.29, 1.82) is 0 Å². The predicted molar refractivity (Wildman–Crippen MR) is 133 cm³/mol. The van der Waals surface area contributed by atoms with Crippen molar-refractivity contribution >= 4 is 22.5 Å². The number of H-pyrrole nitrogens is 1. The standard InChI is InChI=1S/C27H37N3O/c1-2-3-4-5-6-7-8-9-10-11-12-13-14-15-16-17-18-19-27(31)29-25-20-21-26-24(22-25)23-28-30-26/h6-7,9-10,12-13,15-16,20-23H,2-5,8,11,14,17-19H2,1H3,(H,28,30)(H,29,31)/b7-6-,10-9-,13-12-,16-15-. The number of hydrogen-bond acceptors (Lipinski definition) is 2. The Hall–Kier alpha value is -2.88. The van der Waals surface area contributed by atoms with Crippen molar-refractivity contribution in [3.8, 4) is 0 Å². The van der Waals surface area contributed by atoms with Crippen LogP contribution in [-0.2, 0) is 4.79 Å². The molecule has 0 aliphatic carbocycles. The summed E-state index contributed by atoms with van der Waals surface area (Å²) >= 11 is 0. The normalized spacial score (nSPS) is 12.3. The lowest BCUT2D eigenvalue weighted by molar-refractivity contribution is -0.116. The molecule has 1 amide bonds. The number of rotatable bonds is 15. The largest absolute Gasteiger partial charge is 0.326 e. The smallest absolute Gasteiger partial charge is 0.224 e. The summed E-state index contributed by atoms with van der Waals surface area (Å²) in [5.41, 5.74) is 1.79. The van der Waals surface area contributed by atoms with E-state index in [1.54, 1.807) is 6.20 Å². The topological polar surface area (TPSA) is 57.8 Å². The maximum absolute atomic E-state index is 12.1. The number of unbranched alkanes of at least 4 members (excludes halogenated alkanes) is 4. The Bertz CT molecular complexity index is 873. The molecule has 0 unspecified atom stereocenters. The molecule has 0 saturated carbocycles. The van der Waals surface area contributed by atoms with Crippen molar-refractivity contribution in [2.24, 2.45) is 0 Å². The average molecular weight is 420 g/mol. The molecular formula is C27H37N3O. The monoisotopic (exact) mass is 419 g/mol. The highest BCUT2D eigenvalue weighted by Gasteiger charge is 2.03. The number of anilines is 1. The van der Waals surface area contributed by atoms with Gasteiger partial charge in [-0.3, -0.25) is 9.89 Å². The molecule has 2 aromatic rings. The van der Waals surface area contributed by atoms with Crippen molar-refractivity contribution in [2.45, 2.75) is 71.1 Å². The van der Waals surface area contributed by atoms with E-state index < -0.39 is 0 Å². The number of aromatic nitrogens is 2. The molecule has 2 rings (SSSR count). The van der Waals surface area contributed by atoms with Crippen LogP contribution in [0.4, 0.5) is 5.69 Å². The second kappa shape index (κ2) is 15.9. The zero-order chi connectivity index (χ0) is 22.0. The van der Waals surface area contributed by atoms with Crippen LogP contribution in [0.3, 0.4) is 0 Å². The summed E-state index contributed by atoms with van der Waals surface area (Å²) in [4.78, 5) is 12.1. The molecule has 0 bridgehead atoms. The molecule has 0 atom stereocenters. The second-order valence-corrected chi connectivity index (χ2v) is 7.70. The van der Waals surface area contributed by atoms with Gasteiger partial charge in [0.1, 0.15) is 0 Å². The van der Waals surface area contributed by atoms with Crippen LogP contribution in [0.5, 0.6) is 0 Å². The molecule has 0 aliphatic heterocycles. The summed E-state index contributed by atoms with van der Waals surface area (Å²) in [7, 11) is 0. The molecule has 166 valence electrons. The van der Waals surface area contributed by atoms with Crippen LogP contribution < -0.4 is 5.32 Å². The first-order valence-electron chi connectivity index (χ1n) is 11.6. The number of hydrogen-bond donors (Lipinski definition) is 2. The SMILES string of the molecule is CCCCC/C=C\C/C=C\C/C=C\C/C=C\CCCC(=O)Nc1ccc2[nH]ncc2c1. The summed E-state index contributed by atoms with van der Waals surface area (Å²) in [5.74, 6) is 0.0544. The third kappa shape index (κ3) is 11.2. The minimum atomic E-state index is 0.0544. The first-order valence-corrected chi connectivity index (χ1v) is 11.6. The van der Waals surface area contributed by atoms with Gasteiger partial charge in [0.2, 0.25) is 5.91 Å². The zero-order valence-electron chi connectivity index (χ0n) is 18.9. The minimum absolute atomic E-state index is 0.0544. The molecule has 1 aromatic carbocycles. The van der Waals surface area contributed by atoms with E-state index in [1.165, 1.54) is 25.7 Å². The van der Waals surface area contributed by atoms with Crippen LogP contribution in [0.1, 0.15) is 71.1 Å². The minimum Gasteiger partial charge on any atom is -0.326 e. The first kappa shape index (κ1) is 24.4. The Labute approximate surface area is 187 Å². The number of carbonyl (C=O) groups is 1. The van der Waals surface area contributed by atoms with E-state index in [9.17, 15) is 4.79 Å². The number of nitrogens with zero attached hydrogens (tertiary/aromatic N) is 1. The average Bonchev–Trinajstić information content (AvgIpc) is 3.24. The van der Waals surface area contributed by atoms with E-state index in [2.05, 4.69) is 71.0 Å². The lowest BCUT2D eigenvalue weighted by Gasteiger charge is -2.04. The van der Waals surface area contributed by atoms with Gasteiger partial charge in [-0.25, -0.2) is 0 Å². The molecule has 4 heteroatoms. The Balaban J connectivity index is 1.46. The zero-order valence-corrected chi connectivity index (χ0v) is 18.9. The molecule has 0 aliphatic rings. The van der Waals surface area contributed by atoms with Gasteiger partial charge < -0.3 is 5.32 Å². The van der Waals surface area contributed by atoms with Gasteiger partial charge in [0.05, 0.1) is 11.7 Å². The van der Waals surface area contributed by atoms with Crippen molar-refractivity contribution < 1.29 is 4.79 Å². The first-order chi connectivity index (χ1) is 15.3. The fourth-order valence-corrected chi connectivity index (χ4v) is 3.19. The third-order valence-electron chi connectivity index (χ3n) is 4.96. The van der Waals surface area contributed by atoms with Gasteiger partial charge in [0.15, 0.2) is 0 Å². The highest BCUT2D eigenvalue weighted by Crippen LogP contribution is 2.17. The number of carbonyl (C=O) groups excluding carboxylic acids is 1. The summed E-state index contributed by atoms with van der Waals surface area (Å²) in [5, 5.41) is 10.8. The fourth-order valence-electron chi connectivity index (χ4n) is 3.19.